The van der Waals surface area contributed by atoms with Crippen molar-refractivity contribution in [2.75, 3.05) is 19.7 Å². The molecule has 1 aromatic heterocycles. The van der Waals surface area contributed by atoms with E-state index in [0.29, 0.717) is 30.5 Å². The van der Waals surface area contributed by atoms with Crippen molar-refractivity contribution in [3.05, 3.63) is 83.7 Å². The molecule has 5 rings (SSSR count). The number of carbonyl (C=O) groups excluding carboxylic acids is 2. The highest BCUT2D eigenvalue weighted by molar-refractivity contribution is 5.90. The molecule has 3 heterocycles. The van der Waals surface area contributed by atoms with Crippen LogP contribution in [-0.4, -0.2) is 74.9 Å². The monoisotopic (exact) mass is 476 g/mol. The number of hydrogen-bond acceptors (Lipinski definition) is 8. The Kier molecular flexibility index (Phi) is 6.87. The van der Waals surface area contributed by atoms with E-state index in [9.17, 15) is 14.7 Å². The van der Waals surface area contributed by atoms with Gasteiger partial charge in [-0.1, -0.05) is 41.6 Å². The van der Waals surface area contributed by atoms with Crippen molar-refractivity contribution in [3.63, 3.8) is 0 Å². The van der Waals surface area contributed by atoms with Crippen LogP contribution in [0.25, 0.3) is 0 Å². The number of aliphatic hydroxyl groups excluding tert-OH is 1. The quantitative estimate of drug-likeness (QED) is 0.518. The van der Waals surface area contributed by atoms with Crippen LogP contribution < -0.4 is 0 Å². The Morgan fingerprint density at radius 2 is 1.63 bits per heavy atom. The van der Waals surface area contributed by atoms with Gasteiger partial charge in [-0.15, -0.1) is 5.10 Å². The number of rotatable bonds is 7. The van der Waals surface area contributed by atoms with Crippen LogP contribution in [0.5, 0.6) is 0 Å². The largest absolute Gasteiger partial charge is 0.453 e. The highest BCUT2D eigenvalue weighted by Crippen LogP contribution is 2.36. The van der Waals surface area contributed by atoms with Gasteiger partial charge in [0, 0.05) is 32.3 Å². The zero-order chi connectivity index (χ0) is 24.2. The van der Waals surface area contributed by atoms with Gasteiger partial charge < -0.3 is 14.6 Å². The Morgan fingerprint density at radius 3 is 2.29 bits per heavy atom. The van der Waals surface area contributed by atoms with Crippen molar-refractivity contribution in [3.8, 4) is 0 Å². The number of benzene rings is 2. The van der Waals surface area contributed by atoms with Gasteiger partial charge in [0.2, 0.25) is 0 Å². The maximum absolute atomic E-state index is 13.0. The number of aromatic nitrogens is 3. The molecule has 35 heavy (non-hydrogen) atoms. The predicted octanol–water partition coefficient (Wildman–Crippen LogP) is 2.28. The number of fused-ring (bicyclic) bond motifs is 1. The summed E-state index contributed by atoms with van der Waals surface area (Å²) in [4.78, 5) is 28.0. The molecular weight excluding hydrogens is 448 g/mol. The Hall–Kier alpha value is -3.56. The Labute approximate surface area is 203 Å². The van der Waals surface area contributed by atoms with Crippen LogP contribution in [0, 0.1) is 0 Å². The highest BCUT2D eigenvalue weighted by Gasteiger charge is 2.49. The molecule has 2 aliphatic heterocycles. The van der Waals surface area contributed by atoms with Gasteiger partial charge in [-0.2, -0.15) is 0 Å². The Bertz CT molecular complexity index is 1150. The molecule has 0 spiro atoms. The van der Waals surface area contributed by atoms with E-state index in [1.54, 1.807) is 48.5 Å². The van der Waals surface area contributed by atoms with Gasteiger partial charge in [-0.25, -0.2) is 14.3 Å². The van der Waals surface area contributed by atoms with Crippen molar-refractivity contribution < 1.29 is 24.2 Å². The maximum Gasteiger partial charge on any atom is 0.338 e. The van der Waals surface area contributed by atoms with Gasteiger partial charge in [-0.05, 0) is 37.1 Å². The van der Waals surface area contributed by atoms with E-state index in [4.69, 9.17) is 9.47 Å². The lowest BCUT2D eigenvalue weighted by molar-refractivity contribution is -0.0298. The number of piperidine rings is 1. The van der Waals surface area contributed by atoms with Crippen molar-refractivity contribution in [1.29, 1.82) is 0 Å². The molecule has 9 heteroatoms. The molecule has 9 nitrogen and oxygen atoms in total. The normalized spacial score (nSPS) is 24.0. The third-order valence-corrected chi connectivity index (χ3v) is 6.71. The second-order valence-electron chi connectivity index (χ2n) is 8.95. The highest BCUT2D eigenvalue weighted by atomic mass is 16.6. The fourth-order valence-electron chi connectivity index (χ4n) is 4.94. The molecule has 2 aromatic carbocycles. The summed E-state index contributed by atoms with van der Waals surface area (Å²) >= 11 is 0. The van der Waals surface area contributed by atoms with Gasteiger partial charge in [0.05, 0.1) is 28.9 Å². The summed E-state index contributed by atoms with van der Waals surface area (Å²) in [6, 6.07) is 17.6. The van der Waals surface area contributed by atoms with Gasteiger partial charge in [0.15, 0.2) is 12.2 Å². The molecule has 2 aliphatic rings. The van der Waals surface area contributed by atoms with Crippen molar-refractivity contribution in [2.45, 2.75) is 43.6 Å². The van der Waals surface area contributed by atoms with Crippen LogP contribution in [0.1, 0.15) is 45.3 Å². The molecule has 0 radical (unpaired) electrons. The summed E-state index contributed by atoms with van der Waals surface area (Å²) in [6.45, 7) is 1.27. The molecule has 0 saturated carbocycles. The second kappa shape index (κ2) is 10.4. The van der Waals surface area contributed by atoms with Crippen LogP contribution >= 0.6 is 0 Å². The molecule has 2 fully saturated rings. The van der Waals surface area contributed by atoms with Gasteiger partial charge in [0.1, 0.15) is 0 Å². The van der Waals surface area contributed by atoms with Crippen LogP contribution in [0.2, 0.25) is 0 Å². The number of ether oxygens (including phenoxy) is 2. The van der Waals surface area contributed by atoms with E-state index >= 15 is 0 Å². The van der Waals surface area contributed by atoms with E-state index in [1.807, 2.05) is 23.0 Å². The van der Waals surface area contributed by atoms with E-state index < -0.39 is 24.1 Å². The molecule has 2 saturated heterocycles. The zero-order valence-corrected chi connectivity index (χ0v) is 19.3. The van der Waals surface area contributed by atoms with E-state index in [2.05, 4.69) is 15.2 Å². The molecule has 0 bridgehead atoms. The van der Waals surface area contributed by atoms with E-state index in [0.717, 1.165) is 18.7 Å². The first-order chi connectivity index (χ1) is 17.1. The van der Waals surface area contributed by atoms with Gasteiger partial charge >= 0.3 is 11.9 Å². The molecule has 0 unspecified atom stereocenters. The van der Waals surface area contributed by atoms with Crippen molar-refractivity contribution >= 4 is 11.9 Å². The maximum atomic E-state index is 13.0. The lowest BCUT2D eigenvalue weighted by atomic mass is 9.95. The number of nitrogens with zero attached hydrogens (tertiary/aromatic N) is 4. The lowest BCUT2D eigenvalue weighted by Crippen LogP contribution is -2.45. The first-order valence-corrected chi connectivity index (χ1v) is 11.9. The summed E-state index contributed by atoms with van der Waals surface area (Å²) in [7, 11) is 0. The van der Waals surface area contributed by atoms with Crippen LogP contribution in [-0.2, 0) is 15.9 Å². The van der Waals surface area contributed by atoms with Crippen LogP contribution in [0.3, 0.4) is 0 Å². The first kappa shape index (κ1) is 23.2. The van der Waals surface area contributed by atoms with Crippen molar-refractivity contribution in [2.24, 2.45) is 0 Å². The number of hydrogen-bond donors (Lipinski definition) is 1. The SMILES string of the molecule is O=C(O[C@@H]1[C@@H](OC(=O)c2ccccc2)CN2CC[C@H](n3cc(CCO)nn3)C[C@@H]12)c1ccccc1. The lowest BCUT2D eigenvalue weighted by Gasteiger charge is -2.36. The summed E-state index contributed by atoms with van der Waals surface area (Å²) < 4.78 is 13.7. The smallest absolute Gasteiger partial charge is 0.338 e. The molecule has 0 amide bonds. The molecule has 0 aliphatic carbocycles. The summed E-state index contributed by atoms with van der Waals surface area (Å²) in [6.07, 6.45) is 2.64. The van der Waals surface area contributed by atoms with E-state index in [1.165, 1.54) is 0 Å². The number of aliphatic hydroxyl groups is 1. The fourth-order valence-corrected chi connectivity index (χ4v) is 4.94. The van der Waals surface area contributed by atoms with E-state index in [-0.39, 0.29) is 18.7 Å². The third kappa shape index (κ3) is 5.11. The third-order valence-electron chi connectivity index (χ3n) is 6.71. The fraction of sp³-hybridized carbons (Fsp3) is 0.385. The minimum atomic E-state index is -0.612. The topological polar surface area (TPSA) is 107 Å². The molecule has 3 aromatic rings. The average molecular weight is 477 g/mol. The van der Waals surface area contributed by atoms with Gasteiger partial charge in [0.25, 0.3) is 0 Å². The Balaban J connectivity index is 1.36. The van der Waals surface area contributed by atoms with Crippen molar-refractivity contribution in [1.82, 2.24) is 19.9 Å². The Morgan fingerprint density at radius 1 is 0.971 bits per heavy atom. The minimum Gasteiger partial charge on any atom is -0.453 e. The summed E-state index contributed by atoms with van der Waals surface area (Å²) in [5.41, 5.74) is 1.65. The molecule has 1 N–H and O–H groups in total. The second-order valence-corrected chi connectivity index (χ2v) is 8.95. The average Bonchev–Trinajstić information content (AvgIpc) is 3.49. The first-order valence-electron chi connectivity index (χ1n) is 11.9. The van der Waals surface area contributed by atoms with Crippen LogP contribution in [0.15, 0.2) is 66.9 Å². The number of carbonyl (C=O) groups is 2. The summed E-state index contributed by atoms with van der Waals surface area (Å²) in [5.74, 6) is -0.871. The zero-order valence-electron chi connectivity index (χ0n) is 19.3. The van der Waals surface area contributed by atoms with Crippen LogP contribution in [0.4, 0.5) is 0 Å². The predicted molar refractivity (Wildman–Crippen MR) is 126 cm³/mol. The number of esters is 2. The standard InChI is InChI=1S/C26H28N4O5/c31-14-12-20-16-30(28-27-20)21-11-13-29-17-23(34-25(32)18-7-3-1-4-8-18)24(22(29)15-21)35-26(33)19-9-5-2-6-10-19/h1-10,16,21-24,31H,11-15,17H2/t21-,22-,23-,24-/m0/s1. The minimum absolute atomic E-state index is 0.0196. The molecular formula is C26H28N4O5. The molecule has 4 atom stereocenters. The van der Waals surface area contributed by atoms with Gasteiger partial charge in [-0.3, -0.25) is 4.90 Å². The summed E-state index contributed by atoms with van der Waals surface area (Å²) in [5, 5.41) is 17.6. The molecule has 182 valence electrons.